The molecule has 0 heterocycles. The van der Waals surface area contributed by atoms with E-state index in [0.29, 0.717) is 0 Å². The van der Waals surface area contributed by atoms with Gasteiger partial charge in [-0.2, -0.15) is 0 Å². The third-order valence-corrected chi connectivity index (χ3v) is 4.44. The molecule has 1 rings (SSSR count). The molecule has 0 radical (unpaired) electrons. The van der Waals surface area contributed by atoms with Crippen molar-refractivity contribution in [2.24, 2.45) is 5.92 Å². The monoisotopic (exact) mass is 329 g/mol. The molecule has 0 amide bonds. The van der Waals surface area contributed by atoms with Gasteiger partial charge in [-0.1, -0.05) is 29.8 Å². The van der Waals surface area contributed by atoms with Crippen molar-refractivity contribution < 1.29 is 0 Å². The van der Waals surface area contributed by atoms with E-state index >= 15 is 0 Å². The van der Waals surface area contributed by atoms with E-state index in [1.165, 1.54) is 16.2 Å². The van der Waals surface area contributed by atoms with Crippen LogP contribution in [0.1, 0.15) is 40.2 Å². The van der Waals surface area contributed by atoms with Crippen LogP contribution in [0.15, 0.2) is 27.6 Å². The summed E-state index contributed by atoms with van der Waals surface area (Å²) in [6, 6.07) is 6.57. The van der Waals surface area contributed by atoms with Crippen molar-refractivity contribution in [1.29, 1.82) is 0 Å². The van der Waals surface area contributed by atoms with Crippen molar-refractivity contribution >= 4 is 27.7 Å². The number of hydrogen-bond acceptors (Lipinski definition) is 2. The average molecular weight is 330 g/mol. The highest BCUT2D eigenvalue weighted by atomic mass is 79.9. The van der Waals surface area contributed by atoms with Gasteiger partial charge in [0.15, 0.2) is 0 Å². The maximum atomic E-state index is 3.56. The number of hydrogen-bond donors (Lipinski definition) is 1. The smallest absolute Gasteiger partial charge is 0.0221 e. The van der Waals surface area contributed by atoms with E-state index in [1.54, 1.807) is 0 Å². The minimum Gasteiger partial charge on any atom is -0.308 e. The molecule has 0 atom stereocenters. The molecule has 18 heavy (non-hydrogen) atoms. The summed E-state index contributed by atoms with van der Waals surface area (Å²) >= 11 is 5.51. The first-order chi connectivity index (χ1) is 8.28. The molecule has 0 fully saturated rings. The lowest BCUT2D eigenvalue weighted by Gasteiger charge is -2.22. The summed E-state index contributed by atoms with van der Waals surface area (Å²) in [5.41, 5.74) is 1.53. The fourth-order valence-corrected chi connectivity index (χ4v) is 2.85. The molecule has 102 valence electrons. The summed E-state index contributed by atoms with van der Waals surface area (Å²) in [4.78, 5) is 1.39. The fraction of sp³-hybridized carbons (Fsp3) is 0.600. The third-order valence-electron chi connectivity index (χ3n) is 2.40. The van der Waals surface area contributed by atoms with Crippen molar-refractivity contribution in [2.75, 3.05) is 5.75 Å². The van der Waals surface area contributed by atoms with Gasteiger partial charge < -0.3 is 5.32 Å². The zero-order valence-electron chi connectivity index (χ0n) is 12.0. The summed E-state index contributed by atoms with van der Waals surface area (Å²) in [6.07, 6.45) is 0. The molecule has 3 heteroatoms. The number of nitrogens with one attached hydrogen (secondary N) is 1. The zero-order valence-corrected chi connectivity index (χ0v) is 14.4. The van der Waals surface area contributed by atoms with Gasteiger partial charge in [0.05, 0.1) is 0 Å². The second-order valence-electron chi connectivity index (χ2n) is 6.06. The largest absolute Gasteiger partial charge is 0.308 e. The second kappa shape index (κ2) is 6.97. The van der Waals surface area contributed by atoms with Gasteiger partial charge in [0.2, 0.25) is 0 Å². The van der Waals surface area contributed by atoms with E-state index in [2.05, 4.69) is 74.1 Å². The molecular formula is C15H24BrNS. The Balaban J connectivity index is 2.76. The van der Waals surface area contributed by atoms with Crippen LogP contribution in [0, 0.1) is 5.92 Å². The molecule has 1 N–H and O–H groups in total. The molecule has 0 spiro atoms. The predicted octanol–water partition coefficient (Wildman–Crippen LogP) is 5.09. The topological polar surface area (TPSA) is 12.0 Å². The quantitative estimate of drug-likeness (QED) is 0.755. The molecule has 0 aliphatic heterocycles. The van der Waals surface area contributed by atoms with Crippen LogP contribution in [0.4, 0.5) is 0 Å². The molecule has 1 aromatic rings. The maximum Gasteiger partial charge on any atom is 0.0221 e. The molecular weight excluding hydrogens is 306 g/mol. The summed E-state index contributed by atoms with van der Waals surface area (Å²) in [6.45, 7) is 12.0. The summed E-state index contributed by atoms with van der Waals surface area (Å²) in [5.74, 6) is 1.89. The Kier molecular flexibility index (Phi) is 6.22. The van der Waals surface area contributed by atoms with Crippen LogP contribution < -0.4 is 5.32 Å². The van der Waals surface area contributed by atoms with Gasteiger partial charge in [-0.3, -0.25) is 0 Å². The van der Waals surface area contributed by atoms with Gasteiger partial charge in [0.1, 0.15) is 0 Å². The highest BCUT2D eigenvalue weighted by Crippen LogP contribution is 2.27. The Bertz CT molecular complexity index is 383. The van der Waals surface area contributed by atoms with E-state index in [-0.39, 0.29) is 5.54 Å². The van der Waals surface area contributed by atoms with E-state index in [0.717, 1.165) is 16.9 Å². The molecule has 1 aromatic carbocycles. The number of thioether (sulfide) groups is 1. The summed E-state index contributed by atoms with van der Waals surface area (Å²) in [5, 5.41) is 3.56. The minimum absolute atomic E-state index is 0.155. The Morgan fingerprint density at radius 2 is 1.94 bits per heavy atom. The third kappa shape index (κ3) is 6.26. The van der Waals surface area contributed by atoms with Crippen molar-refractivity contribution in [3.05, 3.63) is 28.2 Å². The van der Waals surface area contributed by atoms with Crippen molar-refractivity contribution in [3.8, 4) is 0 Å². The highest BCUT2D eigenvalue weighted by Gasteiger charge is 2.11. The number of rotatable bonds is 5. The van der Waals surface area contributed by atoms with Crippen LogP contribution in [0.25, 0.3) is 0 Å². The first-order valence-electron chi connectivity index (χ1n) is 6.44. The lowest BCUT2D eigenvalue weighted by molar-refractivity contribution is 0.422. The van der Waals surface area contributed by atoms with Crippen molar-refractivity contribution in [3.63, 3.8) is 0 Å². The Hall–Kier alpha value is 0.01000. The predicted molar refractivity (Wildman–Crippen MR) is 86.3 cm³/mol. The molecule has 0 aliphatic carbocycles. The maximum absolute atomic E-state index is 3.56. The average Bonchev–Trinajstić information content (AvgIpc) is 2.23. The standard InChI is InChI=1S/C15H24BrNS/c1-11(2)10-18-14-7-6-13(16)8-12(14)9-17-15(3,4)5/h6-8,11,17H,9-10H2,1-5H3. The lowest BCUT2D eigenvalue weighted by Crippen LogP contribution is -2.35. The normalized spacial score (nSPS) is 12.2. The van der Waals surface area contributed by atoms with Crippen LogP contribution >= 0.6 is 27.7 Å². The van der Waals surface area contributed by atoms with Gasteiger partial charge in [-0.25, -0.2) is 0 Å². The molecule has 0 saturated heterocycles. The second-order valence-corrected chi connectivity index (χ2v) is 8.04. The number of halogens is 1. The Labute approximate surface area is 124 Å². The lowest BCUT2D eigenvalue weighted by atomic mass is 10.1. The van der Waals surface area contributed by atoms with E-state index < -0.39 is 0 Å². The van der Waals surface area contributed by atoms with Gasteiger partial charge >= 0.3 is 0 Å². The number of benzene rings is 1. The van der Waals surface area contributed by atoms with E-state index in [9.17, 15) is 0 Å². The molecule has 0 saturated carbocycles. The summed E-state index contributed by atoms with van der Waals surface area (Å²) < 4.78 is 1.15. The first kappa shape index (κ1) is 16.1. The Morgan fingerprint density at radius 3 is 2.50 bits per heavy atom. The van der Waals surface area contributed by atoms with Gasteiger partial charge in [-0.15, -0.1) is 11.8 Å². The SMILES string of the molecule is CC(C)CSc1ccc(Br)cc1CNC(C)(C)C. The molecule has 1 nitrogen and oxygen atoms in total. The van der Waals surface area contributed by atoms with Crippen LogP contribution in [0.5, 0.6) is 0 Å². The molecule has 0 unspecified atom stereocenters. The van der Waals surface area contributed by atoms with Crippen molar-refractivity contribution in [1.82, 2.24) is 5.32 Å². The molecule has 0 aliphatic rings. The fourth-order valence-electron chi connectivity index (χ4n) is 1.44. The van der Waals surface area contributed by atoms with E-state index in [4.69, 9.17) is 0 Å². The minimum atomic E-state index is 0.155. The highest BCUT2D eigenvalue weighted by molar-refractivity contribution is 9.10. The van der Waals surface area contributed by atoms with Crippen LogP contribution in [-0.2, 0) is 6.54 Å². The van der Waals surface area contributed by atoms with Gasteiger partial charge in [-0.05, 0) is 50.5 Å². The van der Waals surface area contributed by atoms with Crippen LogP contribution in [0.2, 0.25) is 0 Å². The zero-order chi connectivity index (χ0) is 13.8. The molecule has 0 bridgehead atoms. The van der Waals surface area contributed by atoms with Crippen LogP contribution in [0.3, 0.4) is 0 Å². The van der Waals surface area contributed by atoms with Crippen molar-refractivity contribution in [2.45, 2.75) is 51.6 Å². The van der Waals surface area contributed by atoms with Gasteiger partial charge in [0.25, 0.3) is 0 Å². The molecule has 0 aromatic heterocycles. The summed E-state index contributed by atoms with van der Waals surface area (Å²) in [7, 11) is 0. The van der Waals surface area contributed by atoms with Gasteiger partial charge in [0, 0.05) is 27.2 Å². The van der Waals surface area contributed by atoms with E-state index in [1.807, 2.05) is 11.8 Å². The van der Waals surface area contributed by atoms with Crippen LogP contribution in [-0.4, -0.2) is 11.3 Å². The first-order valence-corrected chi connectivity index (χ1v) is 8.22. The Morgan fingerprint density at radius 1 is 1.28 bits per heavy atom.